The molecule has 0 saturated carbocycles. The largest absolute Gasteiger partial charge is 0.241 e. The van der Waals surface area contributed by atoms with E-state index in [9.17, 15) is 0 Å². The summed E-state index contributed by atoms with van der Waals surface area (Å²) >= 11 is 9.16. The second kappa shape index (κ2) is 4.28. The molecule has 0 aliphatic heterocycles. The molecule has 0 atom stereocenters. The van der Waals surface area contributed by atoms with Gasteiger partial charge in [-0.15, -0.1) is 11.6 Å². The van der Waals surface area contributed by atoms with Crippen molar-refractivity contribution in [1.29, 1.82) is 0 Å². The average molecular weight is 271 g/mol. The number of alkyl halides is 1. The lowest BCUT2D eigenvalue weighted by molar-refractivity contribution is 1.10. The molecule has 0 spiro atoms. The highest BCUT2D eigenvalue weighted by Gasteiger charge is 2.02. The predicted molar refractivity (Wildman–Crippen MR) is 63.9 cm³/mol. The third-order valence-corrected chi connectivity index (χ3v) is 2.99. The molecule has 1 aromatic heterocycles. The number of rotatable bonds is 2. The Hall–Kier alpha value is -0.600. The number of halogens is 2. The minimum atomic E-state index is 0.624. The molecule has 0 aliphatic carbocycles. The van der Waals surface area contributed by atoms with E-state index in [0.29, 0.717) is 5.88 Å². The highest BCUT2D eigenvalue weighted by molar-refractivity contribution is 9.10. The molecule has 1 heterocycles. The van der Waals surface area contributed by atoms with E-state index in [4.69, 9.17) is 11.6 Å². The molecule has 2 aromatic rings. The maximum atomic E-state index is 5.71. The highest BCUT2D eigenvalue weighted by Crippen LogP contribution is 2.21. The molecule has 0 bridgehead atoms. The molecule has 0 aliphatic rings. The Morgan fingerprint density at radius 3 is 2.86 bits per heavy atom. The van der Waals surface area contributed by atoms with Crippen LogP contribution in [-0.4, -0.2) is 10.9 Å². The lowest BCUT2D eigenvalue weighted by Crippen LogP contribution is -1.91. The maximum Gasteiger partial charge on any atom is 0.110 e. The van der Waals surface area contributed by atoms with Crippen molar-refractivity contribution in [3.8, 4) is 0 Å². The van der Waals surface area contributed by atoms with Gasteiger partial charge in [-0.2, -0.15) is 0 Å². The zero-order valence-corrected chi connectivity index (χ0v) is 9.85. The van der Waals surface area contributed by atoms with E-state index in [1.807, 2.05) is 18.2 Å². The fourth-order valence-electron chi connectivity index (χ4n) is 1.41. The second-order valence-electron chi connectivity index (χ2n) is 3.07. The van der Waals surface area contributed by atoms with Crippen LogP contribution in [0.15, 0.2) is 34.9 Å². The van der Waals surface area contributed by atoms with Crippen molar-refractivity contribution in [3.05, 3.63) is 40.5 Å². The summed E-state index contributed by atoms with van der Waals surface area (Å²) in [6, 6.07) is 10.2. The number of benzene rings is 1. The first-order valence-electron chi connectivity index (χ1n) is 4.41. The van der Waals surface area contributed by atoms with Crippen LogP contribution in [0, 0.1) is 0 Å². The van der Waals surface area contributed by atoms with Gasteiger partial charge in [0.15, 0.2) is 0 Å². The number of hydrogen-bond acceptors (Lipinski definition) is 1. The SMILES string of the molecule is ClCCc1cc2ccccc2nc1Br. The summed E-state index contributed by atoms with van der Waals surface area (Å²) in [6.07, 6.45) is 0.847. The Morgan fingerprint density at radius 1 is 1.29 bits per heavy atom. The molecule has 2 rings (SSSR count). The van der Waals surface area contributed by atoms with Crippen molar-refractivity contribution < 1.29 is 0 Å². The molecule has 0 radical (unpaired) electrons. The van der Waals surface area contributed by atoms with Crippen LogP contribution in [0.5, 0.6) is 0 Å². The predicted octanol–water partition coefficient (Wildman–Crippen LogP) is 3.78. The van der Waals surface area contributed by atoms with Gasteiger partial charge >= 0.3 is 0 Å². The number of nitrogens with zero attached hydrogens (tertiary/aromatic N) is 1. The maximum absolute atomic E-state index is 5.71. The first-order chi connectivity index (χ1) is 6.81. The van der Waals surface area contributed by atoms with E-state index in [-0.39, 0.29) is 0 Å². The van der Waals surface area contributed by atoms with E-state index in [1.165, 1.54) is 5.56 Å². The quantitative estimate of drug-likeness (QED) is 0.598. The summed E-state index contributed by atoms with van der Waals surface area (Å²) in [5.41, 5.74) is 2.18. The van der Waals surface area contributed by atoms with Gasteiger partial charge in [-0.05, 0) is 40.0 Å². The first kappa shape index (κ1) is 9.94. The summed E-state index contributed by atoms with van der Waals surface area (Å²) in [5.74, 6) is 0.624. The van der Waals surface area contributed by atoms with Crippen LogP contribution in [0.2, 0.25) is 0 Å². The van der Waals surface area contributed by atoms with E-state index in [1.54, 1.807) is 0 Å². The van der Waals surface area contributed by atoms with E-state index < -0.39 is 0 Å². The van der Waals surface area contributed by atoms with Crippen LogP contribution in [0.25, 0.3) is 10.9 Å². The zero-order valence-electron chi connectivity index (χ0n) is 7.50. The Labute approximate surface area is 96.2 Å². The number of para-hydroxylation sites is 1. The second-order valence-corrected chi connectivity index (χ2v) is 4.20. The fourth-order valence-corrected chi connectivity index (χ4v) is 2.12. The zero-order chi connectivity index (χ0) is 9.97. The smallest absolute Gasteiger partial charge is 0.110 e. The number of hydrogen-bond donors (Lipinski definition) is 0. The molecule has 14 heavy (non-hydrogen) atoms. The van der Waals surface area contributed by atoms with Crippen molar-refractivity contribution in [2.75, 3.05) is 5.88 Å². The molecule has 0 N–H and O–H groups in total. The van der Waals surface area contributed by atoms with Crippen LogP contribution in [0.3, 0.4) is 0 Å². The number of pyridine rings is 1. The Morgan fingerprint density at radius 2 is 2.07 bits per heavy atom. The van der Waals surface area contributed by atoms with E-state index in [0.717, 1.165) is 21.9 Å². The Bertz CT molecular complexity index is 456. The molecule has 72 valence electrons. The van der Waals surface area contributed by atoms with Crippen molar-refractivity contribution in [1.82, 2.24) is 4.98 Å². The third kappa shape index (κ3) is 1.91. The van der Waals surface area contributed by atoms with Gasteiger partial charge in [-0.1, -0.05) is 18.2 Å². The Kier molecular flexibility index (Phi) is 3.04. The van der Waals surface area contributed by atoms with Crippen LogP contribution in [0.4, 0.5) is 0 Å². The van der Waals surface area contributed by atoms with Gasteiger partial charge in [0.05, 0.1) is 5.52 Å². The summed E-state index contributed by atoms with van der Waals surface area (Å²) in [5, 5.41) is 1.16. The molecule has 1 nitrogen and oxygen atoms in total. The van der Waals surface area contributed by atoms with Crippen molar-refractivity contribution in [2.24, 2.45) is 0 Å². The van der Waals surface area contributed by atoms with Gasteiger partial charge in [-0.3, -0.25) is 0 Å². The molecule has 0 saturated heterocycles. The summed E-state index contributed by atoms with van der Waals surface area (Å²) in [4.78, 5) is 4.45. The molecule has 0 fully saturated rings. The van der Waals surface area contributed by atoms with Crippen LogP contribution >= 0.6 is 27.5 Å². The van der Waals surface area contributed by atoms with Gasteiger partial charge in [-0.25, -0.2) is 4.98 Å². The number of aryl methyl sites for hydroxylation is 1. The lowest BCUT2D eigenvalue weighted by atomic mass is 10.1. The molecule has 0 amide bonds. The minimum absolute atomic E-state index is 0.624. The van der Waals surface area contributed by atoms with Gasteiger partial charge in [0.25, 0.3) is 0 Å². The minimum Gasteiger partial charge on any atom is -0.241 e. The van der Waals surface area contributed by atoms with Crippen molar-refractivity contribution >= 4 is 38.4 Å². The van der Waals surface area contributed by atoms with Crippen molar-refractivity contribution in [2.45, 2.75) is 6.42 Å². The molecule has 0 unspecified atom stereocenters. The summed E-state index contributed by atoms with van der Waals surface area (Å²) in [7, 11) is 0. The van der Waals surface area contributed by atoms with Crippen LogP contribution < -0.4 is 0 Å². The third-order valence-electron chi connectivity index (χ3n) is 2.11. The monoisotopic (exact) mass is 269 g/mol. The van der Waals surface area contributed by atoms with E-state index in [2.05, 4.69) is 33.0 Å². The van der Waals surface area contributed by atoms with Gasteiger partial charge in [0.1, 0.15) is 4.60 Å². The van der Waals surface area contributed by atoms with Crippen LogP contribution in [0.1, 0.15) is 5.56 Å². The standard InChI is InChI=1S/C11H9BrClN/c12-11-9(5-6-13)7-8-3-1-2-4-10(8)14-11/h1-4,7H,5-6H2. The fraction of sp³-hybridized carbons (Fsp3) is 0.182. The normalized spacial score (nSPS) is 10.7. The van der Waals surface area contributed by atoms with Gasteiger partial charge in [0, 0.05) is 11.3 Å². The Balaban J connectivity index is 2.59. The molecular formula is C11H9BrClN. The molecule has 3 heteroatoms. The molecule has 1 aromatic carbocycles. The van der Waals surface area contributed by atoms with Gasteiger partial charge < -0.3 is 0 Å². The van der Waals surface area contributed by atoms with Gasteiger partial charge in [0.2, 0.25) is 0 Å². The highest BCUT2D eigenvalue weighted by atomic mass is 79.9. The number of fused-ring (bicyclic) bond motifs is 1. The summed E-state index contributed by atoms with van der Waals surface area (Å²) < 4.78 is 0.900. The van der Waals surface area contributed by atoms with E-state index >= 15 is 0 Å². The first-order valence-corrected chi connectivity index (χ1v) is 5.74. The summed E-state index contributed by atoms with van der Waals surface area (Å²) in [6.45, 7) is 0. The lowest BCUT2D eigenvalue weighted by Gasteiger charge is -2.03. The topological polar surface area (TPSA) is 12.9 Å². The molecular weight excluding hydrogens is 261 g/mol. The van der Waals surface area contributed by atoms with Crippen LogP contribution in [-0.2, 0) is 6.42 Å². The average Bonchev–Trinajstić information content (AvgIpc) is 2.19. The number of aromatic nitrogens is 1. The van der Waals surface area contributed by atoms with Crippen molar-refractivity contribution in [3.63, 3.8) is 0 Å².